The third kappa shape index (κ3) is 3.58. The van der Waals surface area contributed by atoms with E-state index in [2.05, 4.69) is 30.3 Å². The first kappa shape index (κ1) is 13.6. The van der Waals surface area contributed by atoms with E-state index in [1.165, 1.54) is 31.4 Å². The SMILES string of the molecule is CC(C)C1CCC(NCCc2ccnn2C)CC1. The Morgan fingerprint density at radius 1 is 1.33 bits per heavy atom. The number of nitrogens with zero attached hydrogens (tertiary/aromatic N) is 2. The molecule has 1 aromatic rings. The van der Waals surface area contributed by atoms with Crippen molar-refractivity contribution in [3.63, 3.8) is 0 Å². The van der Waals surface area contributed by atoms with Crippen molar-refractivity contribution in [2.75, 3.05) is 6.54 Å². The quantitative estimate of drug-likeness (QED) is 0.869. The predicted molar refractivity (Wildman–Crippen MR) is 75.5 cm³/mol. The Morgan fingerprint density at radius 2 is 2.06 bits per heavy atom. The van der Waals surface area contributed by atoms with Gasteiger partial charge in [-0.05, 0) is 43.6 Å². The number of aromatic nitrogens is 2. The van der Waals surface area contributed by atoms with Gasteiger partial charge in [0.1, 0.15) is 0 Å². The molecule has 1 N–H and O–H groups in total. The predicted octanol–water partition coefficient (Wildman–Crippen LogP) is 2.77. The lowest BCUT2D eigenvalue weighted by Crippen LogP contribution is -2.35. The number of rotatable bonds is 5. The van der Waals surface area contributed by atoms with Gasteiger partial charge >= 0.3 is 0 Å². The summed E-state index contributed by atoms with van der Waals surface area (Å²) in [5, 5.41) is 7.91. The smallest absolute Gasteiger partial charge is 0.0492 e. The van der Waals surface area contributed by atoms with E-state index >= 15 is 0 Å². The molecule has 0 aliphatic heterocycles. The van der Waals surface area contributed by atoms with Crippen molar-refractivity contribution in [3.8, 4) is 0 Å². The molecule has 0 atom stereocenters. The molecule has 3 heteroatoms. The van der Waals surface area contributed by atoms with Crippen LogP contribution in [0.4, 0.5) is 0 Å². The molecular formula is C15H27N3. The summed E-state index contributed by atoms with van der Waals surface area (Å²) in [6, 6.07) is 2.85. The van der Waals surface area contributed by atoms with Crippen LogP contribution in [0.25, 0.3) is 0 Å². The molecule has 0 spiro atoms. The summed E-state index contributed by atoms with van der Waals surface area (Å²) in [5.41, 5.74) is 1.32. The summed E-state index contributed by atoms with van der Waals surface area (Å²) in [5.74, 6) is 1.82. The van der Waals surface area contributed by atoms with Crippen molar-refractivity contribution in [3.05, 3.63) is 18.0 Å². The fourth-order valence-electron chi connectivity index (χ4n) is 3.04. The maximum atomic E-state index is 4.20. The first-order chi connectivity index (χ1) is 8.66. The van der Waals surface area contributed by atoms with Gasteiger partial charge in [-0.3, -0.25) is 4.68 Å². The van der Waals surface area contributed by atoms with E-state index in [9.17, 15) is 0 Å². The first-order valence-electron chi connectivity index (χ1n) is 7.37. The maximum Gasteiger partial charge on any atom is 0.0492 e. The molecule has 0 unspecified atom stereocenters. The number of nitrogens with one attached hydrogen (secondary N) is 1. The van der Waals surface area contributed by atoms with Gasteiger partial charge in [0.15, 0.2) is 0 Å². The van der Waals surface area contributed by atoms with E-state index < -0.39 is 0 Å². The molecule has 102 valence electrons. The highest BCUT2D eigenvalue weighted by Gasteiger charge is 2.22. The van der Waals surface area contributed by atoms with Gasteiger partial charge in [-0.25, -0.2) is 0 Å². The monoisotopic (exact) mass is 249 g/mol. The zero-order valence-corrected chi connectivity index (χ0v) is 12.0. The van der Waals surface area contributed by atoms with E-state index in [0.29, 0.717) is 0 Å². The van der Waals surface area contributed by atoms with E-state index in [-0.39, 0.29) is 0 Å². The first-order valence-corrected chi connectivity index (χ1v) is 7.37. The standard InChI is InChI=1S/C15H27N3/c1-12(2)13-4-6-14(7-5-13)16-10-8-15-9-11-17-18(15)3/h9,11-14,16H,4-8,10H2,1-3H3. The van der Waals surface area contributed by atoms with Crippen LogP contribution in [0.3, 0.4) is 0 Å². The van der Waals surface area contributed by atoms with Gasteiger partial charge < -0.3 is 5.32 Å². The highest BCUT2D eigenvalue weighted by molar-refractivity contribution is 5.00. The molecule has 0 aromatic carbocycles. The van der Waals surface area contributed by atoms with Gasteiger partial charge in [0.05, 0.1) is 0 Å². The second-order valence-electron chi connectivity index (χ2n) is 6.01. The molecule has 1 fully saturated rings. The number of aryl methyl sites for hydroxylation is 1. The van der Waals surface area contributed by atoms with Crippen molar-refractivity contribution in [1.29, 1.82) is 0 Å². The van der Waals surface area contributed by atoms with Crippen LogP contribution >= 0.6 is 0 Å². The van der Waals surface area contributed by atoms with Gasteiger partial charge in [0, 0.05) is 37.9 Å². The average Bonchev–Trinajstić information content (AvgIpc) is 2.76. The summed E-state index contributed by atoms with van der Waals surface area (Å²) in [7, 11) is 2.02. The zero-order chi connectivity index (χ0) is 13.0. The van der Waals surface area contributed by atoms with E-state index in [4.69, 9.17) is 0 Å². The third-order valence-electron chi connectivity index (χ3n) is 4.45. The van der Waals surface area contributed by atoms with Gasteiger partial charge in [-0.2, -0.15) is 5.10 Å². The van der Waals surface area contributed by atoms with Crippen molar-refractivity contribution < 1.29 is 0 Å². The summed E-state index contributed by atoms with van der Waals surface area (Å²) >= 11 is 0. The molecule has 2 rings (SSSR count). The van der Waals surface area contributed by atoms with Crippen LogP contribution < -0.4 is 5.32 Å². The number of hydrogen-bond acceptors (Lipinski definition) is 2. The molecule has 0 saturated heterocycles. The molecule has 1 saturated carbocycles. The molecule has 3 nitrogen and oxygen atoms in total. The van der Waals surface area contributed by atoms with Crippen LogP contribution in [0, 0.1) is 11.8 Å². The Hall–Kier alpha value is -0.830. The Morgan fingerprint density at radius 3 is 2.61 bits per heavy atom. The van der Waals surface area contributed by atoms with Crippen molar-refractivity contribution in [2.45, 2.75) is 52.0 Å². The van der Waals surface area contributed by atoms with E-state index in [1.807, 2.05) is 17.9 Å². The average molecular weight is 249 g/mol. The minimum absolute atomic E-state index is 0.744. The topological polar surface area (TPSA) is 29.9 Å². The molecular weight excluding hydrogens is 222 g/mol. The summed E-state index contributed by atoms with van der Waals surface area (Å²) < 4.78 is 1.97. The minimum atomic E-state index is 0.744. The molecule has 1 heterocycles. The molecule has 1 aromatic heterocycles. The lowest BCUT2D eigenvalue weighted by molar-refractivity contribution is 0.239. The molecule has 1 aliphatic carbocycles. The van der Waals surface area contributed by atoms with Gasteiger partial charge in [0.2, 0.25) is 0 Å². The maximum absolute atomic E-state index is 4.20. The van der Waals surface area contributed by atoms with E-state index in [0.717, 1.165) is 30.8 Å². The zero-order valence-electron chi connectivity index (χ0n) is 12.0. The summed E-state index contributed by atoms with van der Waals surface area (Å²) in [6.45, 7) is 5.80. The van der Waals surface area contributed by atoms with Crippen molar-refractivity contribution in [2.24, 2.45) is 18.9 Å². The van der Waals surface area contributed by atoms with Crippen molar-refractivity contribution >= 4 is 0 Å². The molecule has 1 aliphatic rings. The Bertz CT molecular complexity index is 348. The molecule has 0 amide bonds. The second-order valence-corrected chi connectivity index (χ2v) is 6.01. The Kier molecular flexibility index (Phi) is 4.81. The fourth-order valence-corrected chi connectivity index (χ4v) is 3.04. The summed E-state index contributed by atoms with van der Waals surface area (Å²) in [4.78, 5) is 0. The van der Waals surface area contributed by atoms with Crippen LogP contribution in [0.5, 0.6) is 0 Å². The van der Waals surface area contributed by atoms with Crippen LogP contribution in [0.1, 0.15) is 45.2 Å². The lowest BCUT2D eigenvalue weighted by atomic mass is 9.80. The van der Waals surface area contributed by atoms with Gasteiger partial charge in [0.25, 0.3) is 0 Å². The number of hydrogen-bond donors (Lipinski definition) is 1. The highest BCUT2D eigenvalue weighted by atomic mass is 15.3. The fraction of sp³-hybridized carbons (Fsp3) is 0.800. The molecule has 0 bridgehead atoms. The third-order valence-corrected chi connectivity index (χ3v) is 4.45. The Balaban J connectivity index is 1.65. The van der Waals surface area contributed by atoms with Gasteiger partial charge in [-0.15, -0.1) is 0 Å². The van der Waals surface area contributed by atoms with Crippen LogP contribution in [0.15, 0.2) is 12.3 Å². The second kappa shape index (κ2) is 6.37. The van der Waals surface area contributed by atoms with Crippen LogP contribution in [0.2, 0.25) is 0 Å². The molecule has 0 radical (unpaired) electrons. The molecule has 18 heavy (non-hydrogen) atoms. The van der Waals surface area contributed by atoms with Crippen molar-refractivity contribution in [1.82, 2.24) is 15.1 Å². The minimum Gasteiger partial charge on any atom is -0.314 e. The Labute approximate surface area is 111 Å². The van der Waals surface area contributed by atoms with Crippen LogP contribution in [-0.2, 0) is 13.5 Å². The lowest BCUT2D eigenvalue weighted by Gasteiger charge is -2.31. The van der Waals surface area contributed by atoms with Gasteiger partial charge in [-0.1, -0.05) is 13.8 Å². The van der Waals surface area contributed by atoms with Crippen LogP contribution in [-0.4, -0.2) is 22.4 Å². The normalized spacial score (nSPS) is 24.7. The van der Waals surface area contributed by atoms with E-state index in [1.54, 1.807) is 0 Å². The summed E-state index contributed by atoms with van der Waals surface area (Å²) in [6.07, 6.45) is 8.48. The largest absolute Gasteiger partial charge is 0.314 e. The highest BCUT2D eigenvalue weighted by Crippen LogP contribution is 2.29.